The molecule has 0 aromatic carbocycles. The number of aliphatic hydroxyl groups excluding tert-OH is 1. The van der Waals surface area contributed by atoms with Gasteiger partial charge >= 0.3 is 13.8 Å². The molecule has 0 spiro atoms. The minimum Gasteiger partial charge on any atom is -0.463 e. The van der Waals surface area contributed by atoms with Crippen molar-refractivity contribution in [1.82, 2.24) is 5.32 Å². The first-order chi connectivity index (χ1) is 24.8. The van der Waals surface area contributed by atoms with E-state index in [0.29, 0.717) is 6.42 Å². The monoisotopic (exact) mass is 746 g/mol. The van der Waals surface area contributed by atoms with Gasteiger partial charge in [-0.05, 0) is 38.5 Å². The number of allylic oxidation sites excluding steroid dienone is 2. The molecular formula is C41H80NO8P. The number of hydrogen-bond donors (Lipinski definition) is 3. The predicted octanol–water partition coefficient (Wildman–Crippen LogP) is 11.4. The second kappa shape index (κ2) is 38.5. The Morgan fingerprint density at radius 2 is 1.00 bits per heavy atom. The van der Waals surface area contributed by atoms with E-state index < -0.39 is 26.5 Å². The lowest BCUT2D eigenvalue weighted by molar-refractivity contribution is -0.147. The maximum Gasteiger partial charge on any atom is 0.472 e. The SMILES string of the molecule is CCCCC/C=C\CCCCCCCC(=O)NCCOP(=O)(O)OCC(O)COC(=O)CCCCCCCCCCCCCCCCCCCC. The quantitative estimate of drug-likeness (QED) is 0.0244. The molecule has 0 bridgehead atoms. The second-order valence-electron chi connectivity index (χ2n) is 14.3. The summed E-state index contributed by atoms with van der Waals surface area (Å²) in [6, 6.07) is 0. The summed E-state index contributed by atoms with van der Waals surface area (Å²) in [5, 5.41) is 12.7. The van der Waals surface area contributed by atoms with E-state index in [4.69, 9.17) is 13.8 Å². The van der Waals surface area contributed by atoms with Crippen molar-refractivity contribution in [2.45, 2.75) is 213 Å². The van der Waals surface area contributed by atoms with Gasteiger partial charge in [-0.1, -0.05) is 167 Å². The normalized spacial score (nSPS) is 13.4. The van der Waals surface area contributed by atoms with Gasteiger partial charge in [-0.15, -0.1) is 0 Å². The van der Waals surface area contributed by atoms with Crippen molar-refractivity contribution in [3.05, 3.63) is 12.2 Å². The summed E-state index contributed by atoms with van der Waals surface area (Å²) in [6.07, 6.45) is 38.6. The Morgan fingerprint density at radius 1 is 0.588 bits per heavy atom. The van der Waals surface area contributed by atoms with Crippen LogP contribution in [0.15, 0.2) is 12.2 Å². The molecule has 0 saturated heterocycles. The minimum atomic E-state index is -4.41. The van der Waals surface area contributed by atoms with Gasteiger partial charge in [-0.2, -0.15) is 0 Å². The van der Waals surface area contributed by atoms with E-state index in [1.165, 1.54) is 128 Å². The van der Waals surface area contributed by atoms with Crippen molar-refractivity contribution in [1.29, 1.82) is 0 Å². The maximum absolute atomic E-state index is 12.1. The van der Waals surface area contributed by atoms with Gasteiger partial charge in [0.2, 0.25) is 5.91 Å². The zero-order valence-corrected chi connectivity index (χ0v) is 34.0. The van der Waals surface area contributed by atoms with Gasteiger partial charge in [-0.3, -0.25) is 18.6 Å². The lowest BCUT2D eigenvalue weighted by atomic mass is 10.0. The highest BCUT2D eigenvalue weighted by Gasteiger charge is 2.23. The summed E-state index contributed by atoms with van der Waals surface area (Å²) in [6.45, 7) is 3.54. The van der Waals surface area contributed by atoms with Gasteiger partial charge in [0, 0.05) is 19.4 Å². The number of rotatable bonds is 40. The van der Waals surface area contributed by atoms with Crippen molar-refractivity contribution in [3.63, 3.8) is 0 Å². The zero-order chi connectivity index (χ0) is 37.5. The molecule has 3 N–H and O–H groups in total. The fourth-order valence-electron chi connectivity index (χ4n) is 5.96. The summed E-state index contributed by atoms with van der Waals surface area (Å²) in [5.41, 5.74) is 0. The summed E-state index contributed by atoms with van der Waals surface area (Å²) >= 11 is 0. The smallest absolute Gasteiger partial charge is 0.463 e. The van der Waals surface area contributed by atoms with E-state index in [-0.39, 0.29) is 32.1 Å². The van der Waals surface area contributed by atoms with Crippen molar-refractivity contribution >= 4 is 19.7 Å². The first-order valence-corrected chi connectivity index (χ1v) is 22.7. The third-order valence-electron chi connectivity index (χ3n) is 9.20. The van der Waals surface area contributed by atoms with E-state index in [0.717, 1.165) is 51.4 Å². The number of nitrogens with one attached hydrogen (secondary N) is 1. The summed E-state index contributed by atoms with van der Waals surface area (Å²) in [5.74, 6) is -0.518. The number of hydrogen-bond acceptors (Lipinski definition) is 7. The number of unbranched alkanes of at least 4 members (excludes halogenated alkanes) is 25. The van der Waals surface area contributed by atoms with E-state index in [1.807, 2.05) is 0 Å². The number of esters is 1. The van der Waals surface area contributed by atoms with E-state index in [1.54, 1.807) is 0 Å². The van der Waals surface area contributed by atoms with E-state index in [9.17, 15) is 24.2 Å². The van der Waals surface area contributed by atoms with Gasteiger partial charge in [0.1, 0.15) is 12.7 Å². The summed E-state index contributed by atoms with van der Waals surface area (Å²) < 4.78 is 26.8. The Hall–Kier alpha value is -1.25. The van der Waals surface area contributed by atoms with Crippen LogP contribution in [0.3, 0.4) is 0 Å². The van der Waals surface area contributed by atoms with Crippen LogP contribution in [-0.4, -0.2) is 54.3 Å². The third-order valence-corrected chi connectivity index (χ3v) is 10.2. The number of amides is 1. The van der Waals surface area contributed by atoms with Gasteiger partial charge in [0.15, 0.2) is 0 Å². The number of carbonyl (C=O) groups excluding carboxylic acids is 2. The van der Waals surface area contributed by atoms with Crippen LogP contribution >= 0.6 is 7.82 Å². The van der Waals surface area contributed by atoms with Crippen LogP contribution in [-0.2, 0) is 27.9 Å². The Bertz CT molecular complexity index is 856. The summed E-state index contributed by atoms with van der Waals surface area (Å²) in [7, 11) is -4.41. The van der Waals surface area contributed by atoms with Crippen LogP contribution < -0.4 is 5.32 Å². The molecule has 51 heavy (non-hydrogen) atoms. The molecule has 0 aliphatic rings. The van der Waals surface area contributed by atoms with Crippen LogP contribution in [0.4, 0.5) is 0 Å². The number of carbonyl (C=O) groups is 2. The molecule has 0 aromatic heterocycles. The standard InChI is InChI=1S/C41H80NO8P/c1-3-5-7-9-11-13-15-17-18-19-20-21-22-24-26-28-30-32-34-41(45)48-37-39(43)38-50-51(46,47)49-36-35-42-40(44)33-31-29-27-25-23-16-14-12-10-8-6-4-2/h12,14,39,43H,3-11,13,15-38H2,1-2H3,(H,42,44)(H,46,47)/b14-12-. The van der Waals surface area contributed by atoms with E-state index >= 15 is 0 Å². The second-order valence-corrected chi connectivity index (χ2v) is 15.8. The number of phosphoric ester groups is 1. The first kappa shape index (κ1) is 49.8. The average Bonchev–Trinajstić information content (AvgIpc) is 3.11. The molecule has 2 atom stereocenters. The molecule has 0 aliphatic heterocycles. The fourth-order valence-corrected chi connectivity index (χ4v) is 6.72. The van der Waals surface area contributed by atoms with Crippen LogP contribution in [0, 0.1) is 0 Å². The summed E-state index contributed by atoms with van der Waals surface area (Å²) in [4.78, 5) is 33.8. The molecule has 0 rings (SSSR count). The van der Waals surface area contributed by atoms with Crippen molar-refractivity contribution < 1.29 is 37.9 Å². The molecule has 0 aromatic rings. The predicted molar refractivity (Wildman–Crippen MR) is 211 cm³/mol. The number of phosphoric acid groups is 1. The fraction of sp³-hybridized carbons (Fsp3) is 0.902. The number of aliphatic hydroxyl groups is 1. The number of ether oxygens (including phenoxy) is 1. The molecular weight excluding hydrogens is 665 g/mol. The Balaban J connectivity index is 3.57. The largest absolute Gasteiger partial charge is 0.472 e. The van der Waals surface area contributed by atoms with Gasteiger partial charge in [0.25, 0.3) is 0 Å². The topological polar surface area (TPSA) is 131 Å². The Morgan fingerprint density at radius 3 is 1.51 bits per heavy atom. The van der Waals surface area contributed by atoms with Crippen LogP contribution in [0.5, 0.6) is 0 Å². The Labute approximate surface area is 313 Å². The van der Waals surface area contributed by atoms with Crippen molar-refractivity contribution in [3.8, 4) is 0 Å². The lowest BCUT2D eigenvalue weighted by Gasteiger charge is -2.15. The van der Waals surface area contributed by atoms with Crippen molar-refractivity contribution in [2.75, 3.05) is 26.4 Å². The average molecular weight is 746 g/mol. The lowest BCUT2D eigenvalue weighted by Crippen LogP contribution is -2.27. The van der Waals surface area contributed by atoms with Crippen LogP contribution in [0.1, 0.15) is 206 Å². The van der Waals surface area contributed by atoms with Gasteiger partial charge in [0.05, 0.1) is 13.2 Å². The molecule has 0 aliphatic carbocycles. The molecule has 302 valence electrons. The van der Waals surface area contributed by atoms with Crippen LogP contribution in [0.25, 0.3) is 0 Å². The third kappa shape index (κ3) is 39.8. The highest BCUT2D eigenvalue weighted by atomic mass is 31.2. The molecule has 0 fully saturated rings. The molecule has 9 nitrogen and oxygen atoms in total. The van der Waals surface area contributed by atoms with Gasteiger partial charge in [-0.25, -0.2) is 4.57 Å². The first-order valence-electron chi connectivity index (χ1n) is 21.2. The van der Waals surface area contributed by atoms with E-state index in [2.05, 4.69) is 31.3 Å². The Kier molecular flexibility index (Phi) is 37.5. The highest BCUT2D eigenvalue weighted by Crippen LogP contribution is 2.42. The maximum atomic E-state index is 12.1. The zero-order valence-electron chi connectivity index (χ0n) is 33.1. The van der Waals surface area contributed by atoms with Crippen molar-refractivity contribution in [2.24, 2.45) is 0 Å². The van der Waals surface area contributed by atoms with Crippen LogP contribution in [0.2, 0.25) is 0 Å². The molecule has 1 amide bonds. The molecule has 10 heteroatoms. The highest BCUT2D eigenvalue weighted by molar-refractivity contribution is 7.47. The molecule has 2 unspecified atom stereocenters. The molecule has 0 heterocycles. The molecule has 0 radical (unpaired) electrons. The minimum absolute atomic E-state index is 0.0803. The van der Waals surface area contributed by atoms with Gasteiger partial charge < -0.3 is 20.1 Å². The molecule has 0 saturated carbocycles.